The molecule has 0 aliphatic carbocycles. The van der Waals surface area contributed by atoms with Crippen molar-refractivity contribution in [2.45, 2.75) is 25.4 Å². The average Bonchev–Trinajstić information content (AvgIpc) is 2.04. The predicted molar refractivity (Wildman–Crippen MR) is 56.7 cm³/mol. The fourth-order valence-electron chi connectivity index (χ4n) is 0.697. The number of ether oxygens (including phenoxy) is 1. The van der Waals surface area contributed by atoms with Gasteiger partial charge in [-0.1, -0.05) is 13.8 Å². The fraction of sp³-hybridized carbons (Fsp3) is 0.875. The van der Waals surface area contributed by atoms with E-state index in [1.807, 2.05) is 20.8 Å². The van der Waals surface area contributed by atoms with Gasteiger partial charge in [0.1, 0.15) is 4.58 Å². The van der Waals surface area contributed by atoms with Crippen molar-refractivity contribution in [1.29, 1.82) is 0 Å². The van der Waals surface area contributed by atoms with Gasteiger partial charge in [-0.25, -0.2) is 4.79 Å². The molecule has 0 aliphatic rings. The summed E-state index contributed by atoms with van der Waals surface area (Å²) < 4.78 is 4.90. The van der Waals surface area contributed by atoms with E-state index in [0.29, 0.717) is 6.61 Å². The summed E-state index contributed by atoms with van der Waals surface area (Å²) >= 11 is 3.27. The Balaban J connectivity index is 3.81. The van der Waals surface area contributed by atoms with Crippen LogP contribution in [0.5, 0.6) is 0 Å². The summed E-state index contributed by atoms with van der Waals surface area (Å²) in [5.41, 5.74) is 0. The number of carbonyl (C=O) groups is 1. The van der Waals surface area contributed by atoms with Crippen LogP contribution in [-0.4, -0.2) is 28.7 Å². The molecule has 0 fully saturated rings. The summed E-state index contributed by atoms with van der Waals surface area (Å²) in [6, 6.07) is 0. The van der Waals surface area contributed by atoms with Crippen LogP contribution in [0.3, 0.4) is 0 Å². The molecular formula is C8H16O2S2. The minimum absolute atomic E-state index is 0.0278. The van der Waals surface area contributed by atoms with E-state index in [4.69, 9.17) is 4.74 Å². The van der Waals surface area contributed by atoms with E-state index in [2.05, 4.69) is 0 Å². The van der Waals surface area contributed by atoms with E-state index in [1.165, 1.54) is 0 Å². The van der Waals surface area contributed by atoms with Crippen molar-refractivity contribution in [3.63, 3.8) is 0 Å². The highest BCUT2D eigenvalue weighted by Crippen LogP contribution is 2.24. The summed E-state index contributed by atoms with van der Waals surface area (Å²) in [5, 5.41) is 0. The van der Waals surface area contributed by atoms with Gasteiger partial charge in [0.05, 0.1) is 6.61 Å². The van der Waals surface area contributed by atoms with E-state index >= 15 is 0 Å². The Kier molecular flexibility index (Phi) is 7.91. The van der Waals surface area contributed by atoms with Crippen LogP contribution in [0.2, 0.25) is 0 Å². The van der Waals surface area contributed by atoms with Gasteiger partial charge in [0.2, 0.25) is 0 Å². The highest BCUT2D eigenvalue weighted by molar-refractivity contribution is 8.18. The molecular weight excluding hydrogens is 192 g/mol. The minimum Gasteiger partial charge on any atom is -0.465 e. The molecule has 0 bridgehead atoms. The molecule has 0 aliphatic heterocycles. The minimum atomic E-state index is -0.0869. The third-order valence-corrected chi connectivity index (χ3v) is 3.59. The van der Waals surface area contributed by atoms with Crippen LogP contribution in [0, 0.1) is 0 Å². The van der Waals surface area contributed by atoms with Crippen molar-refractivity contribution in [3.05, 3.63) is 0 Å². The van der Waals surface area contributed by atoms with Gasteiger partial charge in [0.25, 0.3) is 0 Å². The monoisotopic (exact) mass is 208 g/mol. The quantitative estimate of drug-likeness (QED) is 0.494. The Bertz CT molecular complexity index is 122. The molecule has 72 valence electrons. The van der Waals surface area contributed by atoms with E-state index in [9.17, 15) is 4.79 Å². The lowest BCUT2D eigenvalue weighted by molar-refractivity contribution is -0.140. The summed E-state index contributed by atoms with van der Waals surface area (Å²) in [7, 11) is 0. The van der Waals surface area contributed by atoms with Gasteiger partial charge in [-0.2, -0.15) is 0 Å². The maximum absolute atomic E-state index is 11.3. The smallest absolute Gasteiger partial charge is 0.329 e. The second-order valence-electron chi connectivity index (χ2n) is 1.99. The van der Waals surface area contributed by atoms with Gasteiger partial charge in [0, 0.05) is 0 Å². The predicted octanol–water partition coefficient (Wildman–Crippen LogP) is 2.38. The van der Waals surface area contributed by atoms with Crippen LogP contribution < -0.4 is 0 Å². The fourth-order valence-corrected chi connectivity index (χ4v) is 2.91. The van der Waals surface area contributed by atoms with Crippen molar-refractivity contribution >= 4 is 29.5 Å². The molecule has 0 atom stereocenters. The summed E-state index contributed by atoms with van der Waals surface area (Å²) in [4.78, 5) is 11.3. The van der Waals surface area contributed by atoms with Gasteiger partial charge >= 0.3 is 5.97 Å². The van der Waals surface area contributed by atoms with Crippen LogP contribution in [0.4, 0.5) is 0 Å². The molecule has 0 aromatic carbocycles. The van der Waals surface area contributed by atoms with Crippen molar-refractivity contribution in [3.8, 4) is 0 Å². The van der Waals surface area contributed by atoms with Gasteiger partial charge in [0.15, 0.2) is 0 Å². The van der Waals surface area contributed by atoms with Crippen LogP contribution in [0.25, 0.3) is 0 Å². The van der Waals surface area contributed by atoms with Crippen molar-refractivity contribution in [2.24, 2.45) is 0 Å². The first-order chi connectivity index (χ1) is 5.76. The van der Waals surface area contributed by atoms with Crippen molar-refractivity contribution in [2.75, 3.05) is 18.1 Å². The van der Waals surface area contributed by atoms with Gasteiger partial charge in [-0.3, -0.25) is 0 Å². The molecule has 0 saturated carbocycles. The zero-order valence-corrected chi connectivity index (χ0v) is 9.46. The number of carbonyl (C=O) groups excluding carboxylic acids is 1. The van der Waals surface area contributed by atoms with Crippen LogP contribution in [0.15, 0.2) is 0 Å². The zero-order valence-electron chi connectivity index (χ0n) is 7.83. The zero-order chi connectivity index (χ0) is 9.40. The molecule has 0 radical (unpaired) electrons. The number of esters is 1. The molecule has 0 amide bonds. The van der Waals surface area contributed by atoms with Gasteiger partial charge in [-0.05, 0) is 18.4 Å². The molecule has 2 nitrogen and oxygen atoms in total. The first kappa shape index (κ1) is 12.2. The highest BCUT2D eigenvalue weighted by atomic mass is 32.2. The first-order valence-electron chi connectivity index (χ1n) is 4.16. The van der Waals surface area contributed by atoms with Gasteiger partial charge < -0.3 is 4.74 Å². The molecule has 0 N–H and O–H groups in total. The molecule has 0 unspecified atom stereocenters. The van der Waals surface area contributed by atoms with E-state index < -0.39 is 0 Å². The molecule has 12 heavy (non-hydrogen) atoms. The Labute approximate surface area is 82.8 Å². The lowest BCUT2D eigenvalue weighted by atomic mass is 10.7. The second-order valence-corrected chi connectivity index (χ2v) is 5.06. The maximum Gasteiger partial charge on any atom is 0.329 e. The Hall–Kier alpha value is 0.170. The number of rotatable bonds is 6. The molecule has 0 aromatic rings. The Morgan fingerprint density at radius 3 is 2.08 bits per heavy atom. The summed E-state index contributed by atoms with van der Waals surface area (Å²) in [6.07, 6.45) is 0. The second kappa shape index (κ2) is 7.80. The van der Waals surface area contributed by atoms with Crippen LogP contribution >= 0.6 is 23.5 Å². The molecule has 4 heteroatoms. The summed E-state index contributed by atoms with van der Waals surface area (Å²) in [6.45, 7) is 6.41. The normalized spacial score (nSPS) is 10.3. The standard InChI is InChI=1S/C8H16O2S2/c1-4-10-7(9)8(11-5-2)12-6-3/h8H,4-6H2,1-3H3. The number of hydrogen-bond donors (Lipinski definition) is 0. The SMILES string of the molecule is CCOC(=O)C(SCC)SCC. The molecule has 0 heterocycles. The highest BCUT2D eigenvalue weighted by Gasteiger charge is 2.18. The van der Waals surface area contributed by atoms with Crippen LogP contribution in [0.1, 0.15) is 20.8 Å². The Morgan fingerprint density at radius 2 is 1.75 bits per heavy atom. The van der Waals surface area contributed by atoms with E-state index in [-0.39, 0.29) is 10.6 Å². The van der Waals surface area contributed by atoms with E-state index in [0.717, 1.165) is 11.5 Å². The lowest BCUT2D eigenvalue weighted by Gasteiger charge is -2.12. The molecule has 0 rings (SSSR count). The lowest BCUT2D eigenvalue weighted by Crippen LogP contribution is -2.17. The third-order valence-electron chi connectivity index (χ3n) is 1.12. The molecule has 0 spiro atoms. The largest absolute Gasteiger partial charge is 0.465 e. The Morgan fingerprint density at radius 1 is 1.25 bits per heavy atom. The van der Waals surface area contributed by atoms with Crippen molar-refractivity contribution < 1.29 is 9.53 Å². The van der Waals surface area contributed by atoms with Crippen molar-refractivity contribution in [1.82, 2.24) is 0 Å². The maximum atomic E-state index is 11.3. The number of hydrogen-bond acceptors (Lipinski definition) is 4. The average molecular weight is 208 g/mol. The number of thioether (sulfide) groups is 2. The molecule has 0 saturated heterocycles. The van der Waals surface area contributed by atoms with Gasteiger partial charge in [-0.15, -0.1) is 23.5 Å². The summed E-state index contributed by atoms with van der Waals surface area (Å²) in [5.74, 6) is 1.82. The van der Waals surface area contributed by atoms with E-state index in [1.54, 1.807) is 23.5 Å². The first-order valence-corrected chi connectivity index (χ1v) is 6.25. The topological polar surface area (TPSA) is 26.3 Å². The van der Waals surface area contributed by atoms with Crippen LogP contribution in [-0.2, 0) is 9.53 Å². The third kappa shape index (κ3) is 4.93. The molecule has 0 aromatic heterocycles.